The molecule has 588 valence electrons. The summed E-state index contributed by atoms with van der Waals surface area (Å²) in [5.74, 6) is 0. The average Bonchev–Trinajstić information content (AvgIpc) is 1.52. The van der Waals surface area contributed by atoms with Gasteiger partial charge >= 0.3 is 0 Å². The molecule has 0 bridgehead atoms. The van der Waals surface area contributed by atoms with Crippen LogP contribution < -0.4 is 4.90 Å². The highest BCUT2D eigenvalue weighted by Gasteiger charge is 2.41. The Morgan fingerprint density at radius 1 is 0.220 bits per heavy atom. The second-order valence-corrected chi connectivity index (χ2v) is 37.7. The van der Waals surface area contributed by atoms with Crippen LogP contribution in [0, 0.1) is 0 Å². The highest BCUT2D eigenvalue weighted by atomic mass is 32.1. The summed E-state index contributed by atoms with van der Waals surface area (Å²) in [5, 5.41) is 31.3. The molecule has 7 aromatic heterocycles. The van der Waals surface area contributed by atoms with Gasteiger partial charge in [-0.15, -0.1) is 22.7 Å². The van der Waals surface area contributed by atoms with Crippen molar-refractivity contribution in [2.75, 3.05) is 4.90 Å². The van der Waals surface area contributed by atoms with E-state index in [0.29, 0.717) is 0 Å². The van der Waals surface area contributed by atoms with E-state index < -0.39 is 0 Å². The first-order valence-corrected chi connectivity index (χ1v) is 45.5. The quantitative estimate of drug-likeness (QED) is 0.156. The number of thiophene rings is 2. The van der Waals surface area contributed by atoms with Gasteiger partial charge in [-0.25, -0.2) is 0 Å². The molecular formula is C119H68N4O2S2. The number of furan rings is 2. The van der Waals surface area contributed by atoms with Crippen molar-refractivity contribution < 1.29 is 8.83 Å². The minimum atomic E-state index is -0.0304. The fraction of sp³-hybridized carbons (Fsp3) is 0.0252. The van der Waals surface area contributed by atoms with Crippen molar-refractivity contribution in [3.8, 4) is 61.6 Å². The molecule has 0 spiro atoms. The molecule has 28 aromatic rings. The summed E-state index contributed by atoms with van der Waals surface area (Å²) in [6.07, 6.45) is 0. The summed E-state index contributed by atoms with van der Waals surface area (Å²) in [4.78, 5) is 2.37. The molecule has 0 aliphatic heterocycles. The molecule has 0 saturated heterocycles. The number of para-hydroxylation sites is 2. The monoisotopic (exact) mass is 1650 g/mol. The van der Waals surface area contributed by atoms with Gasteiger partial charge in [0.2, 0.25) is 0 Å². The molecule has 6 nitrogen and oxygen atoms in total. The van der Waals surface area contributed by atoms with E-state index in [-0.39, 0.29) is 5.41 Å². The van der Waals surface area contributed by atoms with Crippen LogP contribution in [0.15, 0.2) is 385 Å². The first-order chi connectivity index (χ1) is 62.8. The highest BCUT2D eigenvalue weighted by Crippen LogP contribution is 2.61. The van der Waals surface area contributed by atoms with Gasteiger partial charge in [-0.3, -0.25) is 0 Å². The van der Waals surface area contributed by atoms with E-state index in [2.05, 4.69) is 396 Å². The molecule has 8 heteroatoms. The smallest absolute Gasteiger partial charge is 0.137 e. The zero-order valence-electron chi connectivity index (χ0n) is 68.7. The van der Waals surface area contributed by atoms with Crippen LogP contribution in [0.5, 0.6) is 0 Å². The van der Waals surface area contributed by atoms with Crippen LogP contribution in [-0.2, 0) is 5.41 Å². The Morgan fingerprint density at radius 2 is 0.677 bits per heavy atom. The van der Waals surface area contributed by atoms with Crippen molar-refractivity contribution in [3.63, 3.8) is 0 Å². The van der Waals surface area contributed by atoms with Gasteiger partial charge in [0.25, 0.3) is 0 Å². The predicted octanol–water partition coefficient (Wildman–Crippen LogP) is 34.4. The fourth-order valence-corrected chi connectivity index (χ4v) is 25.8. The summed E-state index contributed by atoms with van der Waals surface area (Å²) in [5.41, 5.74) is 31.5. The van der Waals surface area contributed by atoms with E-state index in [1.165, 1.54) is 232 Å². The second-order valence-electron chi connectivity index (χ2n) is 35.5. The summed E-state index contributed by atoms with van der Waals surface area (Å²) in [6, 6.07) is 139. The Labute approximate surface area is 733 Å². The van der Waals surface area contributed by atoms with Gasteiger partial charge in [-0.1, -0.05) is 238 Å². The molecule has 0 fully saturated rings. The van der Waals surface area contributed by atoms with Gasteiger partial charge < -0.3 is 27.4 Å². The van der Waals surface area contributed by atoms with Gasteiger partial charge in [-0.05, 0) is 244 Å². The van der Waals surface area contributed by atoms with Crippen LogP contribution >= 0.6 is 22.7 Å². The number of benzene rings is 21. The lowest BCUT2D eigenvalue weighted by Crippen LogP contribution is -2.14. The molecule has 4 aliphatic carbocycles. The lowest BCUT2D eigenvalue weighted by Gasteiger charge is -2.26. The molecule has 0 amide bonds. The zero-order valence-corrected chi connectivity index (χ0v) is 70.4. The maximum Gasteiger partial charge on any atom is 0.137 e. The van der Waals surface area contributed by atoms with Gasteiger partial charge in [0.15, 0.2) is 0 Å². The number of fused-ring (bicyclic) bond motifs is 12. The van der Waals surface area contributed by atoms with Crippen molar-refractivity contribution in [3.05, 3.63) is 387 Å². The molecular weight excluding hydrogens is 1580 g/mol. The lowest BCUT2D eigenvalue weighted by molar-refractivity contribution is 0.661. The maximum absolute atomic E-state index is 6.47. The van der Waals surface area contributed by atoms with Crippen molar-refractivity contribution in [2.24, 2.45) is 0 Å². The Balaban J connectivity index is 0.0000000942. The molecule has 21 aromatic carbocycles. The van der Waals surface area contributed by atoms with Crippen molar-refractivity contribution in [2.45, 2.75) is 19.3 Å². The van der Waals surface area contributed by atoms with Crippen LogP contribution in [0.1, 0.15) is 25.0 Å². The topological polar surface area (TPSA) is 44.3 Å². The van der Waals surface area contributed by atoms with E-state index in [4.69, 9.17) is 8.83 Å². The molecule has 0 N–H and O–H groups in total. The third-order valence-corrected chi connectivity index (χ3v) is 31.1. The van der Waals surface area contributed by atoms with Crippen LogP contribution in [0.4, 0.5) is 17.1 Å². The third kappa shape index (κ3) is 9.06. The number of aromatic nitrogens is 3. The fourth-order valence-electron chi connectivity index (χ4n) is 23.6. The largest absolute Gasteiger partial charge is 0.456 e. The van der Waals surface area contributed by atoms with Gasteiger partial charge in [0, 0.05) is 151 Å². The summed E-state index contributed by atoms with van der Waals surface area (Å²) < 4.78 is 25.6. The first kappa shape index (κ1) is 68.7. The normalized spacial score (nSPS) is 13.2. The molecule has 0 saturated carbocycles. The van der Waals surface area contributed by atoms with Crippen LogP contribution in [0.3, 0.4) is 0 Å². The minimum Gasteiger partial charge on any atom is -0.456 e. The number of hydrogen-bond acceptors (Lipinski definition) is 5. The Bertz CT molecular complexity index is 9930. The second kappa shape index (κ2) is 24.8. The predicted molar refractivity (Wildman–Crippen MR) is 539 cm³/mol. The Hall–Kier alpha value is -15.8. The summed E-state index contributed by atoms with van der Waals surface area (Å²) in [7, 11) is 0. The number of rotatable bonds is 6. The number of nitrogens with zero attached hydrogens (tertiary/aromatic N) is 4. The molecule has 0 atom stereocenters. The Kier molecular flexibility index (Phi) is 13.4. The zero-order chi connectivity index (χ0) is 82.7. The SMILES string of the molecule is CC1(C)c2cccc3c2-c2c1ccc1ccc4c(c21)c1c-3cccc1n4-c1ccc2c(c1)oc1ccccc12.c1ccc(N(c2cccc(-n3c4cccc5c4c4c6c(ccc7oc8cccc-5c8c76)ccc43)c2)c2ccc3c(ccc4ccccc43)c2)cc1.c1ccc2c(c1)sc1ccc(-n3c4cccc5c4c4c6c(ccc7sc8cccc-5c8c76)ccc43)cc12. The molecule has 0 radical (unpaired) electrons. The van der Waals surface area contributed by atoms with Crippen LogP contribution in [-0.4, -0.2) is 13.7 Å². The number of anilines is 3. The highest BCUT2D eigenvalue weighted by molar-refractivity contribution is 7.26. The standard InChI is InChI=1S/C48H28N2O.C37H23NO.C34H17NS2/c1-2-10-32(11-3-1)49(35-23-24-37-31(27-35)20-19-29-9-4-5-14-36(29)37)33-12-6-13-34(28-33)50-40-17-7-15-38-39-16-8-18-42-46(39)48-43(51-42)26-22-30-21-25-41(50)47(44(30)48)45(38)40;1-37(2)26-10-5-8-24-25-9-6-11-28-34(25)36-29(18-14-20-13-17-27(37)35(32(20)36)33(24)26)38(28)21-15-16-23-22-7-3-4-12-30(22)39-31(23)19-21;1-2-9-26-20(5-1)23-17-19(13-16-27(23)36-26)35-24-8-3-6-21-22-7-4-10-28-32(22)34-29(37-28)15-12-18-11-14-25(35)33(30(18)34)31(21)24/h1-28H;3-19H,1-2H3;1-17H. The van der Waals surface area contributed by atoms with Gasteiger partial charge in [-0.2, -0.15) is 0 Å². The van der Waals surface area contributed by atoms with Gasteiger partial charge in [0.05, 0.1) is 33.1 Å². The average molecular weight is 1650 g/mol. The van der Waals surface area contributed by atoms with E-state index in [0.717, 1.165) is 61.5 Å². The van der Waals surface area contributed by atoms with E-state index >= 15 is 0 Å². The summed E-state index contributed by atoms with van der Waals surface area (Å²) in [6.45, 7) is 4.76. The van der Waals surface area contributed by atoms with E-state index in [1.54, 1.807) is 0 Å². The maximum atomic E-state index is 6.47. The molecule has 4 aliphatic rings. The number of hydrogen-bond donors (Lipinski definition) is 0. The Morgan fingerprint density at radius 3 is 1.45 bits per heavy atom. The van der Waals surface area contributed by atoms with E-state index in [1.807, 2.05) is 34.8 Å². The third-order valence-electron chi connectivity index (χ3n) is 28.9. The minimum absolute atomic E-state index is 0.0304. The van der Waals surface area contributed by atoms with E-state index in [9.17, 15) is 0 Å². The molecule has 0 unspecified atom stereocenters. The van der Waals surface area contributed by atoms with Gasteiger partial charge in [0.1, 0.15) is 22.3 Å². The van der Waals surface area contributed by atoms with Crippen LogP contribution in [0.2, 0.25) is 0 Å². The molecule has 32 rings (SSSR count). The molecule has 127 heavy (non-hydrogen) atoms. The van der Waals surface area contributed by atoms with Crippen molar-refractivity contribution in [1.29, 1.82) is 0 Å². The summed E-state index contributed by atoms with van der Waals surface area (Å²) >= 11 is 3.80. The lowest BCUT2D eigenvalue weighted by atomic mass is 9.81. The van der Waals surface area contributed by atoms with Crippen LogP contribution in [0.25, 0.3) is 265 Å². The first-order valence-electron chi connectivity index (χ1n) is 43.8. The van der Waals surface area contributed by atoms with Crippen molar-refractivity contribution in [1.82, 2.24) is 13.7 Å². The van der Waals surface area contributed by atoms with Crippen molar-refractivity contribution >= 4 is 243 Å². The molecule has 7 heterocycles.